The van der Waals surface area contributed by atoms with Crippen LogP contribution in [0.4, 0.5) is 5.82 Å². The summed E-state index contributed by atoms with van der Waals surface area (Å²) in [6.07, 6.45) is 0. The number of hydrogen-bond acceptors (Lipinski definition) is 4. The van der Waals surface area contributed by atoms with Gasteiger partial charge in [-0.2, -0.15) is 0 Å². The summed E-state index contributed by atoms with van der Waals surface area (Å²) in [6, 6.07) is 3.45. The zero-order valence-electron chi connectivity index (χ0n) is 6.81. The standard InChI is InChI=1S/C7H6N4O2/c1-4-2-3-5-6(8-4)7(10-9-5)11(12)13/h2-3H,1H3,(H,9,10). The van der Waals surface area contributed by atoms with Crippen LogP contribution in [-0.2, 0) is 0 Å². The van der Waals surface area contributed by atoms with Gasteiger partial charge in [0.05, 0.1) is 0 Å². The fourth-order valence-electron chi connectivity index (χ4n) is 1.11. The maximum Gasteiger partial charge on any atom is 0.369 e. The summed E-state index contributed by atoms with van der Waals surface area (Å²) < 4.78 is 0. The summed E-state index contributed by atoms with van der Waals surface area (Å²) in [5.74, 6) is -0.154. The predicted molar refractivity (Wildman–Crippen MR) is 45.3 cm³/mol. The minimum Gasteiger partial charge on any atom is -0.358 e. The van der Waals surface area contributed by atoms with E-state index in [0.29, 0.717) is 11.0 Å². The maximum atomic E-state index is 10.5. The van der Waals surface area contributed by atoms with Crippen molar-refractivity contribution in [2.75, 3.05) is 0 Å². The van der Waals surface area contributed by atoms with Crippen LogP contribution >= 0.6 is 0 Å². The number of aryl methyl sites for hydroxylation is 1. The molecule has 1 N–H and O–H groups in total. The molecule has 0 spiro atoms. The molecule has 0 radical (unpaired) electrons. The molecule has 0 aliphatic heterocycles. The SMILES string of the molecule is Cc1ccc2n[nH]c([N+](=O)[O-])c2n1. The van der Waals surface area contributed by atoms with E-state index >= 15 is 0 Å². The lowest BCUT2D eigenvalue weighted by atomic mass is 10.3. The Hall–Kier alpha value is -1.98. The monoisotopic (exact) mass is 178 g/mol. The van der Waals surface area contributed by atoms with Gasteiger partial charge in [-0.15, -0.1) is 5.10 Å². The Morgan fingerprint density at radius 2 is 2.31 bits per heavy atom. The smallest absolute Gasteiger partial charge is 0.358 e. The third kappa shape index (κ3) is 1.12. The van der Waals surface area contributed by atoms with Gasteiger partial charge in [-0.25, -0.2) is 4.98 Å². The van der Waals surface area contributed by atoms with Crippen LogP contribution in [0.1, 0.15) is 5.69 Å². The first-order chi connectivity index (χ1) is 6.18. The van der Waals surface area contributed by atoms with Gasteiger partial charge in [-0.05, 0) is 24.0 Å². The molecular formula is C7H6N4O2. The number of nitro groups is 1. The lowest BCUT2D eigenvalue weighted by Crippen LogP contribution is -1.89. The average Bonchev–Trinajstić information content (AvgIpc) is 2.46. The van der Waals surface area contributed by atoms with Crippen molar-refractivity contribution in [2.24, 2.45) is 0 Å². The second kappa shape index (κ2) is 2.51. The fraction of sp³-hybridized carbons (Fsp3) is 0.143. The molecule has 0 saturated carbocycles. The van der Waals surface area contributed by atoms with E-state index in [0.717, 1.165) is 5.69 Å². The molecule has 0 amide bonds. The molecule has 0 aliphatic rings. The van der Waals surface area contributed by atoms with Crippen LogP contribution in [0.3, 0.4) is 0 Å². The molecule has 0 fully saturated rings. The number of nitrogens with zero attached hydrogens (tertiary/aromatic N) is 3. The van der Waals surface area contributed by atoms with E-state index in [9.17, 15) is 10.1 Å². The van der Waals surface area contributed by atoms with Crippen molar-refractivity contribution < 1.29 is 4.92 Å². The summed E-state index contributed by atoms with van der Waals surface area (Å²) in [5, 5.41) is 16.6. The number of fused-ring (bicyclic) bond motifs is 1. The molecule has 0 saturated heterocycles. The highest BCUT2D eigenvalue weighted by Crippen LogP contribution is 2.19. The fourth-order valence-corrected chi connectivity index (χ4v) is 1.11. The molecule has 0 atom stereocenters. The second-order valence-corrected chi connectivity index (χ2v) is 2.65. The lowest BCUT2D eigenvalue weighted by Gasteiger charge is -1.91. The largest absolute Gasteiger partial charge is 0.369 e. The molecule has 13 heavy (non-hydrogen) atoms. The molecule has 2 rings (SSSR count). The van der Waals surface area contributed by atoms with Gasteiger partial charge >= 0.3 is 5.82 Å². The number of rotatable bonds is 1. The Morgan fingerprint density at radius 1 is 1.54 bits per heavy atom. The Balaban J connectivity index is 2.79. The van der Waals surface area contributed by atoms with E-state index in [-0.39, 0.29) is 5.82 Å². The molecule has 0 aliphatic carbocycles. The highest BCUT2D eigenvalue weighted by Gasteiger charge is 2.15. The molecule has 6 heteroatoms. The van der Waals surface area contributed by atoms with Gasteiger partial charge in [-0.1, -0.05) is 5.10 Å². The summed E-state index contributed by atoms with van der Waals surface area (Å²) in [7, 11) is 0. The summed E-state index contributed by atoms with van der Waals surface area (Å²) in [4.78, 5) is 14.0. The first-order valence-corrected chi connectivity index (χ1v) is 3.64. The molecular weight excluding hydrogens is 172 g/mol. The van der Waals surface area contributed by atoms with Crippen molar-refractivity contribution in [3.05, 3.63) is 27.9 Å². The third-order valence-electron chi connectivity index (χ3n) is 1.70. The number of aromatic nitrogens is 3. The van der Waals surface area contributed by atoms with Gasteiger partial charge in [0, 0.05) is 5.69 Å². The molecule has 66 valence electrons. The van der Waals surface area contributed by atoms with Gasteiger partial charge in [0.15, 0.2) is 5.52 Å². The summed E-state index contributed by atoms with van der Waals surface area (Å²) in [5.41, 5.74) is 1.55. The van der Waals surface area contributed by atoms with E-state index < -0.39 is 4.92 Å². The van der Waals surface area contributed by atoms with E-state index in [1.165, 1.54) is 0 Å². The van der Waals surface area contributed by atoms with Crippen LogP contribution < -0.4 is 0 Å². The third-order valence-corrected chi connectivity index (χ3v) is 1.70. The number of pyridine rings is 1. The van der Waals surface area contributed by atoms with Crippen LogP contribution in [0.25, 0.3) is 11.0 Å². The summed E-state index contributed by atoms with van der Waals surface area (Å²) in [6.45, 7) is 1.77. The Bertz CT molecular complexity index is 476. The minimum atomic E-state index is -0.526. The van der Waals surface area contributed by atoms with Gasteiger partial charge < -0.3 is 10.1 Å². The number of H-pyrrole nitrogens is 1. The van der Waals surface area contributed by atoms with E-state index in [1.807, 2.05) is 0 Å². The quantitative estimate of drug-likeness (QED) is 0.524. The number of nitrogens with one attached hydrogen (secondary N) is 1. The van der Waals surface area contributed by atoms with Gasteiger partial charge in [0.25, 0.3) is 0 Å². The van der Waals surface area contributed by atoms with Crippen molar-refractivity contribution in [3.63, 3.8) is 0 Å². The van der Waals surface area contributed by atoms with Crippen molar-refractivity contribution in [2.45, 2.75) is 6.92 Å². The predicted octanol–water partition coefficient (Wildman–Crippen LogP) is 1.17. The van der Waals surface area contributed by atoms with Crippen molar-refractivity contribution in [3.8, 4) is 0 Å². The molecule has 0 unspecified atom stereocenters. The van der Waals surface area contributed by atoms with Crippen molar-refractivity contribution >= 4 is 16.9 Å². The highest BCUT2D eigenvalue weighted by atomic mass is 16.6. The summed E-state index contributed by atoms with van der Waals surface area (Å²) >= 11 is 0. The molecule has 2 heterocycles. The minimum absolute atomic E-state index is 0.154. The highest BCUT2D eigenvalue weighted by molar-refractivity contribution is 5.82. The number of hydrogen-bond donors (Lipinski definition) is 1. The van der Waals surface area contributed by atoms with Crippen LogP contribution in [0.2, 0.25) is 0 Å². The van der Waals surface area contributed by atoms with E-state index in [4.69, 9.17) is 0 Å². The zero-order chi connectivity index (χ0) is 9.42. The van der Waals surface area contributed by atoms with Crippen LogP contribution in [-0.4, -0.2) is 20.1 Å². The van der Waals surface area contributed by atoms with Crippen LogP contribution in [0.5, 0.6) is 0 Å². The Labute approximate surface area is 72.7 Å². The maximum absolute atomic E-state index is 10.5. The van der Waals surface area contributed by atoms with Crippen molar-refractivity contribution in [1.29, 1.82) is 0 Å². The molecule has 0 bridgehead atoms. The van der Waals surface area contributed by atoms with Gasteiger partial charge in [0.2, 0.25) is 0 Å². The topological polar surface area (TPSA) is 84.7 Å². The average molecular weight is 178 g/mol. The molecule has 2 aromatic rings. The van der Waals surface area contributed by atoms with Crippen LogP contribution in [0, 0.1) is 17.0 Å². The first kappa shape index (κ1) is 7.66. The van der Waals surface area contributed by atoms with Crippen LogP contribution in [0.15, 0.2) is 12.1 Å². The Kier molecular flexibility index (Phi) is 1.48. The van der Waals surface area contributed by atoms with Gasteiger partial charge in [-0.3, -0.25) is 0 Å². The lowest BCUT2D eigenvalue weighted by molar-refractivity contribution is -0.388. The first-order valence-electron chi connectivity index (χ1n) is 3.64. The van der Waals surface area contributed by atoms with Gasteiger partial charge in [0.1, 0.15) is 5.52 Å². The molecule has 6 nitrogen and oxygen atoms in total. The van der Waals surface area contributed by atoms with Crippen molar-refractivity contribution in [1.82, 2.24) is 15.2 Å². The van der Waals surface area contributed by atoms with E-state index in [2.05, 4.69) is 15.2 Å². The second-order valence-electron chi connectivity index (χ2n) is 2.65. The number of aromatic amines is 1. The Morgan fingerprint density at radius 3 is 3.00 bits per heavy atom. The zero-order valence-corrected chi connectivity index (χ0v) is 6.81. The molecule has 2 aromatic heterocycles. The normalized spacial score (nSPS) is 10.5. The van der Waals surface area contributed by atoms with E-state index in [1.54, 1.807) is 19.1 Å². The molecule has 0 aromatic carbocycles.